The zero-order chi connectivity index (χ0) is 18.2. The molecule has 3 aromatic rings. The van der Waals surface area contributed by atoms with Crippen molar-refractivity contribution in [3.63, 3.8) is 0 Å². The van der Waals surface area contributed by atoms with Crippen LogP contribution in [-0.2, 0) is 13.0 Å². The van der Waals surface area contributed by atoms with Crippen molar-refractivity contribution >= 4 is 11.8 Å². The molecule has 0 saturated heterocycles. The predicted molar refractivity (Wildman–Crippen MR) is 108 cm³/mol. The molecule has 0 aliphatic rings. The fraction of sp³-hybridized carbons (Fsp3) is 0.273. The van der Waals surface area contributed by atoms with Gasteiger partial charge in [0.2, 0.25) is 5.95 Å². The SMILES string of the molecule is CC(C)N(Cc1ccccc1)c1nccc(NCCc2ccccc2)n1. The van der Waals surface area contributed by atoms with E-state index in [-0.39, 0.29) is 0 Å². The van der Waals surface area contributed by atoms with E-state index in [1.807, 2.05) is 24.4 Å². The Hall–Kier alpha value is -2.88. The topological polar surface area (TPSA) is 41.1 Å². The molecule has 4 heteroatoms. The number of benzene rings is 2. The summed E-state index contributed by atoms with van der Waals surface area (Å²) < 4.78 is 0. The molecule has 0 saturated carbocycles. The van der Waals surface area contributed by atoms with Crippen LogP contribution >= 0.6 is 0 Å². The molecule has 0 aliphatic heterocycles. The van der Waals surface area contributed by atoms with Crippen LogP contribution in [0, 0.1) is 0 Å². The Labute approximate surface area is 155 Å². The van der Waals surface area contributed by atoms with Crippen molar-refractivity contribution in [2.45, 2.75) is 32.9 Å². The van der Waals surface area contributed by atoms with Gasteiger partial charge < -0.3 is 10.2 Å². The first-order chi connectivity index (χ1) is 12.7. The molecule has 0 fully saturated rings. The summed E-state index contributed by atoms with van der Waals surface area (Å²) >= 11 is 0. The van der Waals surface area contributed by atoms with Gasteiger partial charge in [-0.3, -0.25) is 0 Å². The Kier molecular flexibility index (Phi) is 6.20. The summed E-state index contributed by atoms with van der Waals surface area (Å²) in [5.74, 6) is 1.62. The van der Waals surface area contributed by atoms with E-state index in [4.69, 9.17) is 4.98 Å². The summed E-state index contributed by atoms with van der Waals surface area (Å²) in [5.41, 5.74) is 2.58. The molecule has 3 rings (SSSR count). The van der Waals surface area contributed by atoms with Gasteiger partial charge in [-0.05, 0) is 37.5 Å². The van der Waals surface area contributed by atoms with Crippen molar-refractivity contribution < 1.29 is 0 Å². The third kappa shape index (κ3) is 5.06. The Balaban J connectivity index is 1.66. The van der Waals surface area contributed by atoms with E-state index < -0.39 is 0 Å². The van der Waals surface area contributed by atoms with Crippen LogP contribution in [0.5, 0.6) is 0 Å². The van der Waals surface area contributed by atoms with Crippen molar-refractivity contribution in [1.82, 2.24) is 9.97 Å². The minimum absolute atomic E-state index is 0.315. The van der Waals surface area contributed by atoms with Gasteiger partial charge in [0.05, 0.1) is 0 Å². The van der Waals surface area contributed by atoms with Crippen LogP contribution < -0.4 is 10.2 Å². The molecular weight excluding hydrogens is 320 g/mol. The van der Waals surface area contributed by atoms with Crippen LogP contribution in [0.1, 0.15) is 25.0 Å². The Morgan fingerprint density at radius 1 is 0.885 bits per heavy atom. The lowest BCUT2D eigenvalue weighted by Gasteiger charge is -2.27. The highest BCUT2D eigenvalue weighted by Gasteiger charge is 2.14. The summed E-state index contributed by atoms with van der Waals surface area (Å²) in [6, 6.07) is 23.2. The second-order valence-corrected chi connectivity index (χ2v) is 6.61. The zero-order valence-corrected chi connectivity index (χ0v) is 15.5. The summed E-state index contributed by atoms with van der Waals surface area (Å²) in [4.78, 5) is 11.4. The normalized spacial score (nSPS) is 10.7. The summed E-state index contributed by atoms with van der Waals surface area (Å²) in [7, 11) is 0. The molecule has 0 bridgehead atoms. The highest BCUT2D eigenvalue weighted by molar-refractivity contribution is 5.42. The average Bonchev–Trinajstić information content (AvgIpc) is 2.68. The summed E-state index contributed by atoms with van der Waals surface area (Å²) in [6.45, 7) is 5.98. The van der Waals surface area contributed by atoms with E-state index in [9.17, 15) is 0 Å². The molecule has 134 valence electrons. The fourth-order valence-electron chi connectivity index (χ4n) is 2.83. The lowest BCUT2D eigenvalue weighted by molar-refractivity contribution is 0.661. The van der Waals surface area contributed by atoms with E-state index in [2.05, 4.69) is 77.6 Å². The maximum Gasteiger partial charge on any atom is 0.227 e. The molecule has 2 aromatic carbocycles. The van der Waals surface area contributed by atoms with Gasteiger partial charge in [-0.1, -0.05) is 60.7 Å². The van der Waals surface area contributed by atoms with Gasteiger partial charge in [-0.25, -0.2) is 4.98 Å². The molecule has 26 heavy (non-hydrogen) atoms. The minimum atomic E-state index is 0.315. The van der Waals surface area contributed by atoms with Crippen LogP contribution in [0.2, 0.25) is 0 Å². The highest BCUT2D eigenvalue weighted by Crippen LogP contribution is 2.17. The Bertz CT molecular complexity index is 788. The standard InChI is InChI=1S/C22H26N4/c1-18(2)26(17-20-11-7-4-8-12-20)22-24-16-14-21(25-22)23-15-13-19-9-5-3-6-10-19/h3-12,14,16,18H,13,15,17H2,1-2H3,(H,23,24,25). The molecule has 4 nitrogen and oxygen atoms in total. The molecule has 0 amide bonds. The van der Waals surface area contributed by atoms with Crippen molar-refractivity contribution in [3.8, 4) is 0 Å². The molecule has 0 atom stereocenters. The summed E-state index contributed by atoms with van der Waals surface area (Å²) in [6.07, 6.45) is 2.80. The quantitative estimate of drug-likeness (QED) is 0.650. The molecule has 0 radical (unpaired) electrons. The molecule has 1 N–H and O–H groups in total. The molecule has 0 unspecified atom stereocenters. The average molecular weight is 346 g/mol. The van der Waals surface area contributed by atoms with Crippen molar-refractivity contribution in [2.24, 2.45) is 0 Å². The predicted octanol–water partition coefficient (Wildman–Crippen LogP) is 4.55. The van der Waals surface area contributed by atoms with Gasteiger partial charge >= 0.3 is 0 Å². The van der Waals surface area contributed by atoms with Crippen LogP contribution in [0.25, 0.3) is 0 Å². The maximum atomic E-state index is 4.73. The maximum absolute atomic E-state index is 4.73. The van der Waals surface area contributed by atoms with Gasteiger partial charge in [-0.15, -0.1) is 0 Å². The van der Waals surface area contributed by atoms with Gasteiger partial charge in [0, 0.05) is 25.3 Å². The number of anilines is 2. The van der Waals surface area contributed by atoms with Gasteiger partial charge in [0.25, 0.3) is 0 Å². The van der Waals surface area contributed by atoms with Crippen molar-refractivity contribution in [2.75, 3.05) is 16.8 Å². The van der Waals surface area contributed by atoms with E-state index in [0.717, 1.165) is 31.3 Å². The van der Waals surface area contributed by atoms with Gasteiger partial charge in [-0.2, -0.15) is 4.98 Å². The van der Waals surface area contributed by atoms with E-state index in [1.165, 1.54) is 11.1 Å². The van der Waals surface area contributed by atoms with E-state index in [0.29, 0.717) is 6.04 Å². The second-order valence-electron chi connectivity index (χ2n) is 6.61. The largest absolute Gasteiger partial charge is 0.370 e. The number of aromatic nitrogens is 2. The van der Waals surface area contributed by atoms with E-state index >= 15 is 0 Å². The Morgan fingerprint density at radius 2 is 1.54 bits per heavy atom. The monoisotopic (exact) mass is 346 g/mol. The lowest BCUT2D eigenvalue weighted by Crippen LogP contribution is -2.31. The third-order valence-electron chi connectivity index (χ3n) is 4.28. The molecular formula is C22H26N4. The van der Waals surface area contributed by atoms with Crippen molar-refractivity contribution in [3.05, 3.63) is 84.1 Å². The number of nitrogens with zero attached hydrogens (tertiary/aromatic N) is 3. The van der Waals surface area contributed by atoms with Crippen LogP contribution in [0.15, 0.2) is 72.9 Å². The second kappa shape index (κ2) is 8.99. The Morgan fingerprint density at radius 3 is 2.19 bits per heavy atom. The van der Waals surface area contributed by atoms with Gasteiger partial charge in [0.15, 0.2) is 0 Å². The number of rotatable bonds is 8. The molecule has 1 aromatic heterocycles. The number of hydrogen-bond donors (Lipinski definition) is 1. The number of nitrogens with one attached hydrogen (secondary N) is 1. The summed E-state index contributed by atoms with van der Waals surface area (Å²) in [5, 5.41) is 3.41. The first-order valence-corrected chi connectivity index (χ1v) is 9.14. The van der Waals surface area contributed by atoms with E-state index in [1.54, 1.807) is 0 Å². The third-order valence-corrected chi connectivity index (χ3v) is 4.28. The molecule has 1 heterocycles. The highest BCUT2D eigenvalue weighted by atomic mass is 15.3. The van der Waals surface area contributed by atoms with Gasteiger partial charge in [0.1, 0.15) is 5.82 Å². The zero-order valence-electron chi connectivity index (χ0n) is 15.5. The molecule has 0 spiro atoms. The fourth-order valence-corrected chi connectivity index (χ4v) is 2.83. The van der Waals surface area contributed by atoms with Crippen LogP contribution in [0.4, 0.5) is 11.8 Å². The smallest absolute Gasteiger partial charge is 0.227 e. The number of hydrogen-bond acceptors (Lipinski definition) is 4. The van der Waals surface area contributed by atoms with Crippen LogP contribution in [0.3, 0.4) is 0 Å². The first-order valence-electron chi connectivity index (χ1n) is 9.14. The minimum Gasteiger partial charge on any atom is -0.370 e. The lowest BCUT2D eigenvalue weighted by atomic mass is 10.1. The van der Waals surface area contributed by atoms with Crippen molar-refractivity contribution in [1.29, 1.82) is 0 Å². The van der Waals surface area contributed by atoms with Crippen LogP contribution in [-0.4, -0.2) is 22.6 Å². The first kappa shape index (κ1) is 17.9. The molecule has 0 aliphatic carbocycles.